The lowest BCUT2D eigenvalue weighted by atomic mass is 10.0. The lowest BCUT2D eigenvalue weighted by molar-refractivity contribution is -0.137. The highest BCUT2D eigenvalue weighted by molar-refractivity contribution is 9.10. The number of rotatable bonds is 3. The van der Waals surface area contributed by atoms with Gasteiger partial charge in [-0.2, -0.15) is 13.2 Å². The Morgan fingerprint density at radius 3 is 2.43 bits per heavy atom. The molecule has 0 aliphatic rings. The third kappa shape index (κ3) is 3.91. The largest absolute Gasteiger partial charge is 0.416 e. The molecule has 6 heteroatoms. The number of hydrogen-bond acceptors (Lipinski definition) is 1. The fourth-order valence-electron chi connectivity index (χ4n) is 1.81. The molecule has 0 spiro atoms. The van der Waals surface area contributed by atoms with Crippen LogP contribution in [0.2, 0.25) is 0 Å². The van der Waals surface area contributed by atoms with Crippen LogP contribution >= 0.6 is 15.9 Å². The van der Waals surface area contributed by atoms with E-state index >= 15 is 0 Å². The molecule has 0 heterocycles. The summed E-state index contributed by atoms with van der Waals surface area (Å²) in [5.74, 6) is -0.888. The minimum Gasteiger partial charge on any atom is -0.294 e. The van der Waals surface area contributed by atoms with Gasteiger partial charge in [-0.15, -0.1) is 0 Å². The number of hydrogen-bond donors (Lipinski definition) is 0. The summed E-state index contributed by atoms with van der Waals surface area (Å²) in [5, 5.41) is 0. The summed E-state index contributed by atoms with van der Waals surface area (Å²) in [7, 11) is 0. The molecule has 0 saturated heterocycles. The Bertz CT molecular complexity index is 680. The third-order valence-corrected chi connectivity index (χ3v) is 3.47. The van der Waals surface area contributed by atoms with Gasteiger partial charge in [0.25, 0.3) is 0 Å². The molecular formula is C15H9BrF4O. The summed E-state index contributed by atoms with van der Waals surface area (Å²) in [5.41, 5.74) is -0.302. The predicted molar refractivity (Wildman–Crippen MR) is 73.6 cm³/mol. The highest BCUT2D eigenvalue weighted by Gasteiger charge is 2.30. The van der Waals surface area contributed by atoms with Crippen molar-refractivity contribution in [2.75, 3.05) is 0 Å². The smallest absolute Gasteiger partial charge is 0.294 e. The van der Waals surface area contributed by atoms with Crippen LogP contribution in [-0.2, 0) is 12.6 Å². The molecule has 0 aliphatic heterocycles. The quantitative estimate of drug-likeness (QED) is 0.554. The summed E-state index contributed by atoms with van der Waals surface area (Å²) in [6.07, 6.45) is -4.63. The van der Waals surface area contributed by atoms with Gasteiger partial charge in [0.2, 0.25) is 0 Å². The molecule has 2 aromatic carbocycles. The maximum absolute atomic E-state index is 13.1. The fourth-order valence-corrected chi connectivity index (χ4v) is 2.19. The lowest BCUT2D eigenvalue weighted by Gasteiger charge is -2.08. The molecule has 0 fully saturated rings. The molecule has 0 atom stereocenters. The second kappa shape index (κ2) is 5.97. The van der Waals surface area contributed by atoms with Gasteiger partial charge in [0.15, 0.2) is 5.78 Å². The Labute approximate surface area is 126 Å². The van der Waals surface area contributed by atoms with E-state index in [1.54, 1.807) is 0 Å². The van der Waals surface area contributed by atoms with Crippen molar-refractivity contribution in [1.29, 1.82) is 0 Å². The lowest BCUT2D eigenvalue weighted by Crippen LogP contribution is -2.08. The van der Waals surface area contributed by atoms with Gasteiger partial charge in [-0.3, -0.25) is 4.79 Å². The molecule has 0 aliphatic carbocycles. The van der Waals surface area contributed by atoms with E-state index in [1.165, 1.54) is 24.3 Å². The van der Waals surface area contributed by atoms with Crippen LogP contribution in [0.4, 0.5) is 17.6 Å². The van der Waals surface area contributed by atoms with Crippen molar-refractivity contribution in [2.45, 2.75) is 12.6 Å². The Morgan fingerprint density at radius 1 is 1.10 bits per heavy atom. The molecular weight excluding hydrogens is 352 g/mol. The van der Waals surface area contributed by atoms with Gasteiger partial charge < -0.3 is 0 Å². The Kier molecular flexibility index (Phi) is 4.46. The summed E-state index contributed by atoms with van der Waals surface area (Å²) in [6.45, 7) is 0. The zero-order valence-corrected chi connectivity index (χ0v) is 12.1. The molecule has 21 heavy (non-hydrogen) atoms. The summed E-state index contributed by atoms with van der Waals surface area (Å²) in [4.78, 5) is 12.0. The number of ketones is 1. The van der Waals surface area contributed by atoms with Crippen LogP contribution in [0.15, 0.2) is 46.9 Å². The Morgan fingerprint density at radius 2 is 1.81 bits per heavy atom. The van der Waals surface area contributed by atoms with Gasteiger partial charge in [-0.1, -0.05) is 18.2 Å². The van der Waals surface area contributed by atoms with Crippen LogP contribution in [0.1, 0.15) is 21.5 Å². The van der Waals surface area contributed by atoms with Crippen LogP contribution in [0.5, 0.6) is 0 Å². The average molecular weight is 361 g/mol. The van der Waals surface area contributed by atoms with Gasteiger partial charge in [0.1, 0.15) is 5.82 Å². The molecule has 0 saturated carbocycles. The number of halogens is 5. The van der Waals surface area contributed by atoms with Crippen molar-refractivity contribution in [3.8, 4) is 0 Å². The Hall–Kier alpha value is -1.69. The molecule has 1 nitrogen and oxygen atoms in total. The second-order valence-corrected chi connectivity index (χ2v) is 5.28. The number of carbonyl (C=O) groups is 1. The molecule has 0 radical (unpaired) electrons. The summed E-state index contributed by atoms with van der Waals surface area (Å²) >= 11 is 2.96. The zero-order chi connectivity index (χ0) is 15.6. The van der Waals surface area contributed by atoms with Crippen molar-refractivity contribution in [1.82, 2.24) is 0 Å². The van der Waals surface area contributed by atoms with E-state index in [-0.39, 0.29) is 27.8 Å². The summed E-state index contributed by atoms with van der Waals surface area (Å²) < 4.78 is 51.0. The van der Waals surface area contributed by atoms with Gasteiger partial charge in [-0.05, 0) is 45.8 Å². The van der Waals surface area contributed by atoms with E-state index in [2.05, 4.69) is 15.9 Å². The second-order valence-electron chi connectivity index (χ2n) is 4.43. The molecule has 0 bridgehead atoms. The van der Waals surface area contributed by atoms with E-state index in [0.717, 1.165) is 18.2 Å². The predicted octanol–water partition coefficient (Wildman–Crippen LogP) is 5.03. The van der Waals surface area contributed by atoms with Crippen LogP contribution in [0, 0.1) is 5.82 Å². The third-order valence-electron chi connectivity index (χ3n) is 2.86. The van der Waals surface area contributed by atoms with Crippen LogP contribution < -0.4 is 0 Å². The number of Topliss-reactive ketones (excluding diaryl/α,β-unsaturated/α-hetero) is 1. The minimum absolute atomic E-state index is 0.136. The number of alkyl halides is 3. The standard InChI is InChI=1S/C15H9BrF4O/c16-12-8-10(4-5-13(12)17)14(21)7-9-2-1-3-11(6-9)15(18,19)20/h1-6,8H,7H2. The van der Waals surface area contributed by atoms with Gasteiger partial charge in [0, 0.05) is 12.0 Å². The van der Waals surface area contributed by atoms with Crippen molar-refractivity contribution in [3.05, 3.63) is 69.4 Å². The Balaban J connectivity index is 2.21. The first kappa shape index (κ1) is 15.7. The van der Waals surface area contributed by atoms with Crippen LogP contribution in [0.25, 0.3) is 0 Å². The van der Waals surface area contributed by atoms with Crippen molar-refractivity contribution < 1.29 is 22.4 Å². The van der Waals surface area contributed by atoms with Crippen molar-refractivity contribution >= 4 is 21.7 Å². The maximum atomic E-state index is 13.1. The fraction of sp³-hybridized carbons (Fsp3) is 0.133. The molecule has 0 aromatic heterocycles. The van der Waals surface area contributed by atoms with E-state index < -0.39 is 17.6 Å². The maximum Gasteiger partial charge on any atom is 0.416 e. The van der Waals surface area contributed by atoms with Crippen molar-refractivity contribution in [3.63, 3.8) is 0 Å². The highest BCUT2D eigenvalue weighted by Crippen LogP contribution is 2.29. The van der Waals surface area contributed by atoms with Crippen LogP contribution in [-0.4, -0.2) is 5.78 Å². The first-order chi connectivity index (χ1) is 9.77. The molecule has 110 valence electrons. The van der Waals surface area contributed by atoms with Gasteiger partial charge in [0.05, 0.1) is 10.0 Å². The monoisotopic (exact) mass is 360 g/mol. The highest BCUT2D eigenvalue weighted by atomic mass is 79.9. The van der Waals surface area contributed by atoms with Crippen LogP contribution in [0.3, 0.4) is 0 Å². The number of benzene rings is 2. The molecule has 0 unspecified atom stereocenters. The van der Waals surface area contributed by atoms with Crippen molar-refractivity contribution in [2.24, 2.45) is 0 Å². The average Bonchev–Trinajstić information content (AvgIpc) is 2.41. The minimum atomic E-state index is -4.45. The number of carbonyl (C=O) groups excluding carboxylic acids is 1. The van der Waals surface area contributed by atoms with E-state index in [9.17, 15) is 22.4 Å². The van der Waals surface area contributed by atoms with E-state index in [4.69, 9.17) is 0 Å². The van der Waals surface area contributed by atoms with Gasteiger partial charge in [-0.25, -0.2) is 4.39 Å². The zero-order valence-electron chi connectivity index (χ0n) is 10.5. The molecule has 2 rings (SSSR count). The first-order valence-corrected chi connectivity index (χ1v) is 6.71. The topological polar surface area (TPSA) is 17.1 Å². The molecule has 0 amide bonds. The normalized spacial score (nSPS) is 11.5. The van der Waals surface area contributed by atoms with Gasteiger partial charge >= 0.3 is 6.18 Å². The van der Waals surface area contributed by atoms with E-state index in [0.29, 0.717) is 0 Å². The van der Waals surface area contributed by atoms with E-state index in [1.807, 2.05) is 0 Å². The summed E-state index contributed by atoms with van der Waals surface area (Å²) in [6, 6.07) is 8.33. The molecule has 0 N–H and O–H groups in total. The molecule has 2 aromatic rings. The first-order valence-electron chi connectivity index (χ1n) is 5.92. The SMILES string of the molecule is O=C(Cc1cccc(C(F)(F)F)c1)c1ccc(F)c(Br)c1.